The molecule has 5 heteroatoms. The summed E-state index contributed by atoms with van der Waals surface area (Å²) in [6, 6.07) is 0. The summed E-state index contributed by atoms with van der Waals surface area (Å²) < 4.78 is 11.2. The molecule has 1 aromatic rings. The van der Waals surface area contributed by atoms with Crippen molar-refractivity contribution in [3.63, 3.8) is 0 Å². The van der Waals surface area contributed by atoms with E-state index in [4.69, 9.17) is 15.0 Å². The second-order valence-corrected chi connectivity index (χ2v) is 6.00. The van der Waals surface area contributed by atoms with E-state index in [1.165, 1.54) is 25.7 Å². The van der Waals surface area contributed by atoms with Crippen LogP contribution in [0.2, 0.25) is 0 Å². The SMILES string of the molecule is COC1(c2noc(CCC(C)CN)n2)CCCCCC1. The van der Waals surface area contributed by atoms with E-state index in [2.05, 4.69) is 17.1 Å². The Hall–Kier alpha value is -0.940. The van der Waals surface area contributed by atoms with Gasteiger partial charge in [-0.05, 0) is 31.7 Å². The molecule has 2 N–H and O–H groups in total. The van der Waals surface area contributed by atoms with Crippen LogP contribution in [-0.4, -0.2) is 23.8 Å². The van der Waals surface area contributed by atoms with Crippen molar-refractivity contribution in [2.24, 2.45) is 11.7 Å². The fourth-order valence-electron chi connectivity index (χ4n) is 2.85. The molecule has 1 aliphatic carbocycles. The third-order valence-electron chi connectivity index (χ3n) is 4.43. The molecular formula is C15H27N3O2. The summed E-state index contributed by atoms with van der Waals surface area (Å²) in [7, 11) is 1.76. The minimum absolute atomic E-state index is 0.336. The molecule has 1 aliphatic rings. The van der Waals surface area contributed by atoms with Crippen LogP contribution in [0.25, 0.3) is 0 Å². The van der Waals surface area contributed by atoms with Crippen LogP contribution in [0.5, 0.6) is 0 Å². The Morgan fingerprint density at radius 2 is 2.00 bits per heavy atom. The van der Waals surface area contributed by atoms with Gasteiger partial charge >= 0.3 is 0 Å². The predicted octanol–water partition coefficient (Wildman–Crippen LogP) is 2.79. The normalized spacial score (nSPS) is 20.6. The maximum Gasteiger partial charge on any atom is 0.226 e. The molecule has 1 aromatic heterocycles. The zero-order chi connectivity index (χ0) is 14.4. The lowest BCUT2D eigenvalue weighted by atomic mass is 9.93. The molecule has 0 spiro atoms. The zero-order valence-electron chi connectivity index (χ0n) is 12.7. The molecule has 0 radical (unpaired) electrons. The Kier molecular flexibility index (Phi) is 5.54. The van der Waals surface area contributed by atoms with Crippen LogP contribution in [0.1, 0.15) is 63.6 Å². The van der Waals surface area contributed by atoms with E-state index in [9.17, 15) is 0 Å². The molecule has 2 rings (SSSR count). The Morgan fingerprint density at radius 3 is 2.60 bits per heavy atom. The molecule has 0 bridgehead atoms. The average Bonchev–Trinajstić information content (AvgIpc) is 2.82. The molecule has 1 heterocycles. The molecule has 1 fully saturated rings. The summed E-state index contributed by atoms with van der Waals surface area (Å²) >= 11 is 0. The van der Waals surface area contributed by atoms with Crippen LogP contribution in [-0.2, 0) is 16.8 Å². The Balaban J connectivity index is 2.05. The fraction of sp³-hybridized carbons (Fsp3) is 0.867. The minimum atomic E-state index is -0.336. The van der Waals surface area contributed by atoms with E-state index < -0.39 is 0 Å². The highest BCUT2D eigenvalue weighted by Gasteiger charge is 2.37. The monoisotopic (exact) mass is 281 g/mol. The highest BCUT2D eigenvalue weighted by atomic mass is 16.5. The number of hydrogen-bond acceptors (Lipinski definition) is 5. The smallest absolute Gasteiger partial charge is 0.226 e. The average molecular weight is 281 g/mol. The fourth-order valence-corrected chi connectivity index (χ4v) is 2.85. The van der Waals surface area contributed by atoms with Crippen LogP contribution < -0.4 is 5.73 Å². The van der Waals surface area contributed by atoms with Crippen molar-refractivity contribution in [3.8, 4) is 0 Å². The summed E-state index contributed by atoms with van der Waals surface area (Å²) in [6.45, 7) is 2.84. The van der Waals surface area contributed by atoms with Crippen LogP contribution in [0.15, 0.2) is 4.52 Å². The quantitative estimate of drug-likeness (QED) is 0.812. The summed E-state index contributed by atoms with van der Waals surface area (Å²) in [5.41, 5.74) is 5.30. The van der Waals surface area contributed by atoms with Gasteiger partial charge in [-0.3, -0.25) is 0 Å². The third kappa shape index (κ3) is 3.58. The van der Waals surface area contributed by atoms with Gasteiger partial charge in [0.25, 0.3) is 0 Å². The molecule has 0 aromatic carbocycles. The van der Waals surface area contributed by atoms with Crippen LogP contribution in [0.4, 0.5) is 0 Å². The van der Waals surface area contributed by atoms with Gasteiger partial charge in [-0.2, -0.15) is 4.98 Å². The highest BCUT2D eigenvalue weighted by molar-refractivity contribution is 5.02. The lowest BCUT2D eigenvalue weighted by Crippen LogP contribution is -2.29. The molecule has 5 nitrogen and oxygen atoms in total. The largest absolute Gasteiger partial charge is 0.370 e. The van der Waals surface area contributed by atoms with Crippen molar-refractivity contribution >= 4 is 0 Å². The van der Waals surface area contributed by atoms with E-state index in [0.29, 0.717) is 18.4 Å². The number of methoxy groups -OCH3 is 1. The van der Waals surface area contributed by atoms with Crippen molar-refractivity contribution in [3.05, 3.63) is 11.7 Å². The third-order valence-corrected chi connectivity index (χ3v) is 4.43. The molecular weight excluding hydrogens is 254 g/mol. The zero-order valence-corrected chi connectivity index (χ0v) is 12.7. The van der Waals surface area contributed by atoms with Crippen LogP contribution >= 0.6 is 0 Å². The number of nitrogens with zero attached hydrogens (tertiary/aromatic N) is 2. The van der Waals surface area contributed by atoms with Crippen molar-refractivity contribution in [2.75, 3.05) is 13.7 Å². The van der Waals surface area contributed by atoms with E-state index in [1.807, 2.05) is 0 Å². The summed E-state index contributed by atoms with van der Waals surface area (Å²) in [5, 5.41) is 4.19. The van der Waals surface area contributed by atoms with E-state index >= 15 is 0 Å². The first-order valence-electron chi connectivity index (χ1n) is 7.78. The number of rotatable bonds is 6. The first kappa shape index (κ1) is 15.4. The van der Waals surface area contributed by atoms with Gasteiger partial charge in [0.05, 0.1) is 0 Å². The van der Waals surface area contributed by atoms with Crippen molar-refractivity contribution in [1.82, 2.24) is 10.1 Å². The Morgan fingerprint density at radius 1 is 1.30 bits per heavy atom. The Bertz CT molecular complexity index is 398. The topological polar surface area (TPSA) is 74.2 Å². The summed E-state index contributed by atoms with van der Waals surface area (Å²) in [4.78, 5) is 4.58. The number of nitrogens with two attached hydrogens (primary N) is 1. The van der Waals surface area contributed by atoms with E-state index in [-0.39, 0.29) is 5.60 Å². The lowest BCUT2D eigenvalue weighted by molar-refractivity contribution is -0.0365. The van der Waals surface area contributed by atoms with Gasteiger partial charge < -0.3 is 15.0 Å². The molecule has 0 amide bonds. The number of hydrogen-bond donors (Lipinski definition) is 1. The summed E-state index contributed by atoms with van der Waals surface area (Å²) in [6.07, 6.45) is 8.63. The molecule has 1 saturated carbocycles. The molecule has 1 atom stereocenters. The molecule has 0 saturated heterocycles. The summed E-state index contributed by atoms with van der Waals surface area (Å²) in [5.74, 6) is 1.93. The number of aryl methyl sites for hydroxylation is 1. The second-order valence-electron chi connectivity index (χ2n) is 6.00. The van der Waals surface area contributed by atoms with Gasteiger partial charge in [0.15, 0.2) is 0 Å². The van der Waals surface area contributed by atoms with Gasteiger partial charge in [0.1, 0.15) is 5.60 Å². The van der Waals surface area contributed by atoms with Gasteiger partial charge in [0.2, 0.25) is 11.7 Å². The van der Waals surface area contributed by atoms with Crippen LogP contribution in [0, 0.1) is 5.92 Å². The van der Waals surface area contributed by atoms with E-state index in [1.54, 1.807) is 7.11 Å². The van der Waals surface area contributed by atoms with Gasteiger partial charge in [-0.25, -0.2) is 0 Å². The highest BCUT2D eigenvalue weighted by Crippen LogP contribution is 2.37. The molecule has 114 valence electrons. The lowest BCUT2D eigenvalue weighted by Gasteiger charge is -2.27. The first-order valence-corrected chi connectivity index (χ1v) is 7.78. The standard InChI is InChI=1S/C15H27N3O2/c1-12(11-16)7-8-13-17-14(18-20-13)15(19-2)9-5-3-4-6-10-15/h12H,3-11,16H2,1-2H3. The minimum Gasteiger partial charge on any atom is -0.370 e. The van der Waals surface area contributed by atoms with Gasteiger partial charge in [0, 0.05) is 13.5 Å². The first-order chi connectivity index (χ1) is 9.70. The Labute approximate surface area is 121 Å². The predicted molar refractivity (Wildman–Crippen MR) is 77.2 cm³/mol. The molecule has 0 aliphatic heterocycles. The number of ether oxygens (including phenoxy) is 1. The maximum absolute atomic E-state index is 5.80. The molecule has 20 heavy (non-hydrogen) atoms. The number of aromatic nitrogens is 2. The maximum atomic E-state index is 5.80. The van der Waals surface area contributed by atoms with Gasteiger partial charge in [-0.1, -0.05) is 37.8 Å². The molecule has 1 unspecified atom stereocenters. The van der Waals surface area contributed by atoms with Crippen molar-refractivity contribution in [1.29, 1.82) is 0 Å². The second kappa shape index (κ2) is 7.18. The van der Waals surface area contributed by atoms with Crippen LogP contribution in [0.3, 0.4) is 0 Å². The van der Waals surface area contributed by atoms with Crippen molar-refractivity contribution < 1.29 is 9.26 Å². The van der Waals surface area contributed by atoms with Gasteiger partial charge in [-0.15, -0.1) is 0 Å². The van der Waals surface area contributed by atoms with Crippen molar-refractivity contribution in [2.45, 2.75) is 63.9 Å². The van der Waals surface area contributed by atoms with E-state index in [0.717, 1.165) is 31.5 Å².